The van der Waals surface area contributed by atoms with Gasteiger partial charge in [0.25, 0.3) is 5.56 Å². The fraction of sp³-hybridized carbons (Fsp3) is 0. The molecule has 3 aromatic heterocycles. The van der Waals surface area contributed by atoms with Gasteiger partial charge in [-0.15, -0.1) is 0 Å². The molecular formula is C49H30N2O. The number of aromatic nitrogens is 2. The summed E-state index contributed by atoms with van der Waals surface area (Å²) in [6, 6.07) is 64.1. The lowest BCUT2D eigenvalue weighted by Gasteiger charge is -2.16. The van der Waals surface area contributed by atoms with Gasteiger partial charge in [0.05, 0.1) is 22.1 Å². The summed E-state index contributed by atoms with van der Waals surface area (Å²) < 4.78 is 4.36. The molecule has 0 spiro atoms. The van der Waals surface area contributed by atoms with Crippen molar-refractivity contribution in [1.82, 2.24) is 8.97 Å². The van der Waals surface area contributed by atoms with Crippen LogP contribution in [0.1, 0.15) is 0 Å². The van der Waals surface area contributed by atoms with E-state index in [1.54, 1.807) is 0 Å². The normalized spacial score (nSPS) is 11.9. The molecule has 0 bridgehead atoms. The van der Waals surface area contributed by atoms with Crippen LogP contribution in [-0.2, 0) is 0 Å². The van der Waals surface area contributed by atoms with Gasteiger partial charge in [0.1, 0.15) is 0 Å². The first-order chi connectivity index (χ1) is 25.8. The number of para-hydroxylation sites is 4. The van der Waals surface area contributed by atoms with Crippen molar-refractivity contribution < 1.29 is 0 Å². The van der Waals surface area contributed by atoms with E-state index in [1.165, 1.54) is 10.8 Å². The van der Waals surface area contributed by atoms with Crippen LogP contribution < -0.4 is 5.56 Å². The molecule has 3 heterocycles. The van der Waals surface area contributed by atoms with Crippen molar-refractivity contribution in [2.45, 2.75) is 0 Å². The third-order valence-corrected chi connectivity index (χ3v) is 10.9. The van der Waals surface area contributed by atoms with Gasteiger partial charge in [-0.05, 0) is 58.1 Å². The van der Waals surface area contributed by atoms with Crippen molar-refractivity contribution in [3.8, 4) is 39.1 Å². The minimum atomic E-state index is -0.00116. The molecule has 0 fully saturated rings. The first-order valence-corrected chi connectivity index (χ1v) is 17.7. The lowest BCUT2D eigenvalue weighted by atomic mass is 9.92. The summed E-state index contributed by atoms with van der Waals surface area (Å²) in [5.41, 5.74) is 11.8. The zero-order valence-electron chi connectivity index (χ0n) is 28.1. The molecule has 0 aliphatic carbocycles. The first kappa shape index (κ1) is 28.8. The SMILES string of the molecule is O=c1c2cccc(-c3ccccc3)c2c2cccc3c4cccc(-c5cc(-n6c7ccccc7c7ccccc76)ccc5-c5ccccc5)c4n1c32. The summed E-state index contributed by atoms with van der Waals surface area (Å²) in [6.45, 7) is 0. The lowest BCUT2D eigenvalue weighted by Crippen LogP contribution is -2.13. The van der Waals surface area contributed by atoms with Crippen LogP contribution in [-0.4, -0.2) is 8.97 Å². The average Bonchev–Trinajstić information content (AvgIpc) is 3.74. The van der Waals surface area contributed by atoms with Gasteiger partial charge in [-0.1, -0.05) is 152 Å². The zero-order valence-corrected chi connectivity index (χ0v) is 28.1. The third-order valence-electron chi connectivity index (χ3n) is 10.9. The van der Waals surface area contributed by atoms with Crippen LogP contribution in [0.25, 0.3) is 98.8 Å². The summed E-state index contributed by atoms with van der Waals surface area (Å²) >= 11 is 0. The summed E-state index contributed by atoms with van der Waals surface area (Å²) in [4.78, 5) is 15.0. The van der Waals surface area contributed by atoms with Gasteiger partial charge in [-0.25, -0.2) is 0 Å². The second kappa shape index (κ2) is 11.0. The highest BCUT2D eigenvalue weighted by Crippen LogP contribution is 2.44. The van der Waals surface area contributed by atoms with Crippen LogP contribution in [0.2, 0.25) is 0 Å². The van der Waals surface area contributed by atoms with E-state index in [1.807, 2.05) is 22.6 Å². The smallest absolute Gasteiger partial charge is 0.263 e. The summed E-state index contributed by atoms with van der Waals surface area (Å²) in [6.07, 6.45) is 0. The number of benzene rings is 8. The highest BCUT2D eigenvalue weighted by Gasteiger charge is 2.23. The van der Waals surface area contributed by atoms with Crippen LogP contribution in [0, 0.1) is 0 Å². The molecule has 3 nitrogen and oxygen atoms in total. The number of fused-ring (bicyclic) bond motifs is 8. The standard InChI is InChI=1S/C49H30N2O/c52-49-42-25-11-20-35(32-16-5-2-6-17-32)46(42)41-24-13-22-39-38-21-12-23-40(47(38)51(49)48(39)41)43-30-33(28-29-34(43)31-14-3-1-4-15-31)50-44-26-9-7-18-36(44)37-19-8-10-27-45(37)50/h1-30H. The molecule has 0 N–H and O–H groups in total. The molecule has 242 valence electrons. The van der Waals surface area contributed by atoms with Gasteiger partial charge in [0, 0.05) is 49.0 Å². The summed E-state index contributed by atoms with van der Waals surface area (Å²) in [5.74, 6) is 0. The Labute approximate surface area is 299 Å². The van der Waals surface area contributed by atoms with Crippen LogP contribution in [0.4, 0.5) is 0 Å². The molecule has 0 aliphatic heterocycles. The molecule has 0 radical (unpaired) electrons. The Balaban J connectivity index is 1.28. The van der Waals surface area contributed by atoms with E-state index in [0.717, 1.165) is 88.1 Å². The van der Waals surface area contributed by atoms with E-state index in [9.17, 15) is 4.79 Å². The lowest BCUT2D eigenvalue weighted by molar-refractivity contribution is 1.18. The predicted octanol–water partition coefficient (Wildman–Crippen LogP) is 12.3. The Morgan fingerprint density at radius 1 is 0.346 bits per heavy atom. The number of rotatable bonds is 4. The van der Waals surface area contributed by atoms with Crippen molar-refractivity contribution in [3.05, 3.63) is 192 Å². The van der Waals surface area contributed by atoms with Gasteiger partial charge in [0.2, 0.25) is 0 Å². The quantitative estimate of drug-likeness (QED) is 0.172. The minimum absolute atomic E-state index is 0.00116. The molecule has 11 rings (SSSR count). The van der Waals surface area contributed by atoms with Crippen molar-refractivity contribution in [2.75, 3.05) is 0 Å². The Morgan fingerprint density at radius 3 is 1.56 bits per heavy atom. The molecule has 8 aromatic carbocycles. The molecule has 0 aliphatic rings. The number of nitrogens with zero attached hydrogens (tertiary/aromatic N) is 2. The minimum Gasteiger partial charge on any atom is -0.309 e. The van der Waals surface area contributed by atoms with E-state index < -0.39 is 0 Å². The predicted molar refractivity (Wildman–Crippen MR) is 218 cm³/mol. The van der Waals surface area contributed by atoms with Crippen LogP contribution in [0.15, 0.2) is 187 Å². The molecule has 0 saturated heterocycles. The van der Waals surface area contributed by atoms with Crippen molar-refractivity contribution >= 4 is 59.8 Å². The van der Waals surface area contributed by atoms with Gasteiger partial charge in [-0.2, -0.15) is 0 Å². The van der Waals surface area contributed by atoms with Crippen molar-refractivity contribution in [1.29, 1.82) is 0 Å². The second-order valence-electron chi connectivity index (χ2n) is 13.6. The Kier molecular flexibility index (Phi) is 6.11. The summed E-state index contributed by atoms with van der Waals surface area (Å²) in [5, 5.41) is 7.39. The molecule has 0 amide bonds. The second-order valence-corrected chi connectivity index (χ2v) is 13.6. The Hall–Kier alpha value is -6.97. The van der Waals surface area contributed by atoms with Crippen molar-refractivity contribution in [3.63, 3.8) is 0 Å². The van der Waals surface area contributed by atoms with E-state index >= 15 is 0 Å². The van der Waals surface area contributed by atoms with Crippen LogP contribution in [0.5, 0.6) is 0 Å². The molecule has 3 heteroatoms. The molecule has 0 atom stereocenters. The first-order valence-electron chi connectivity index (χ1n) is 17.7. The van der Waals surface area contributed by atoms with E-state index in [0.29, 0.717) is 0 Å². The zero-order chi connectivity index (χ0) is 34.3. The topological polar surface area (TPSA) is 26.4 Å². The fourth-order valence-electron chi connectivity index (χ4n) is 8.70. The van der Waals surface area contributed by atoms with Crippen LogP contribution in [0.3, 0.4) is 0 Å². The number of hydrogen-bond donors (Lipinski definition) is 0. The van der Waals surface area contributed by atoms with E-state index in [-0.39, 0.29) is 5.56 Å². The third kappa shape index (κ3) is 3.99. The molecule has 11 aromatic rings. The highest BCUT2D eigenvalue weighted by atomic mass is 16.1. The Bertz CT molecular complexity index is 3190. The largest absolute Gasteiger partial charge is 0.309 e. The molecule has 52 heavy (non-hydrogen) atoms. The van der Waals surface area contributed by atoms with Gasteiger partial charge < -0.3 is 4.57 Å². The maximum atomic E-state index is 15.0. The van der Waals surface area contributed by atoms with Gasteiger partial charge in [0.15, 0.2) is 0 Å². The number of hydrogen-bond acceptors (Lipinski definition) is 1. The number of pyridine rings is 1. The molecule has 0 unspecified atom stereocenters. The van der Waals surface area contributed by atoms with Gasteiger partial charge in [-0.3, -0.25) is 9.20 Å². The van der Waals surface area contributed by atoms with E-state index in [4.69, 9.17) is 0 Å². The molecule has 0 saturated carbocycles. The molecular weight excluding hydrogens is 633 g/mol. The van der Waals surface area contributed by atoms with Crippen molar-refractivity contribution in [2.24, 2.45) is 0 Å². The fourth-order valence-corrected chi connectivity index (χ4v) is 8.70. The maximum absolute atomic E-state index is 15.0. The van der Waals surface area contributed by atoms with Crippen LogP contribution >= 0.6 is 0 Å². The summed E-state index contributed by atoms with van der Waals surface area (Å²) in [7, 11) is 0. The monoisotopic (exact) mass is 662 g/mol. The Morgan fingerprint density at radius 2 is 0.865 bits per heavy atom. The van der Waals surface area contributed by atoms with E-state index in [2.05, 4.69) is 168 Å². The average molecular weight is 663 g/mol. The highest BCUT2D eigenvalue weighted by molar-refractivity contribution is 6.24. The maximum Gasteiger partial charge on any atom is 0.263 e. The van der Waals surface area contributed by atoms with Gasteiger partial charge >= 0.3 is 0 Å².